The van der Waals surface area contributed by atoms with Gasteiger partial charge in [0.25, 0.3) is 11.8 Å². The molecule has 0 spiro atoms. The molecule has 0 aliphatic carbocycles. The average molecular weight is 294 g/mol. The summed E-state index contributed by atoms with van der Waals surface area (Å²) in [7, 11) is 1.21. The molecular weight excluding hydrogens is 284 g/mol. The summed E-state index contributed by atoms with van der Waals surface area (Å²) in [5, 5.41) is 11.4. The van der Waals surface area contributed by atoms with Gasteiger partial charge in [-0.15, -0.1) is 5.06 Å². The van der Waals surface area contributed by atoms with Gasteiger partial charge in [0.05, 0.1) is 12.0 Å². The highest BCUT2D eigenvalue weighted by atomic mass is 16.7. The van der Waals surface area contributed by atoms with Crippen molar-refractivity contribution < 1.29 is 28.9 Å². The van der Waals surface area contributed by atoms with E-state index in [-0.39, 0.29) is 18.6 Å². The summed E-state index contributed by atoms with van der Waals surface area (Å²) in [6.07, 6.45) is -0.126. The van der Waals surface area contributed by atoms with Crippen molar-refractivity contribution in [1.82, 2.24) is 5.06 Å². The van der Waals surface area contributed by atoms with E-state index in [0.29, 0.717) is 5.06 Å². The van der Waals surface area contributed by atoms with Crippen LogP contribution in [0, 0.1) is 10.1 Å². The van der Waals surface area contributed by atoms with Gasteiger partial charge in [0.1, 0.15) is 5.56 Å². The van der Waals surface area contributed by atoms with E-state index in [1.54, 1.807) is 0 Å². The second-order valence-electron chi connectivity index (χ2n) is 4.07. The first kappa shape index (κ1) is 14.4. The molecule has 0 radical (unpaired) electrons. The van der Waals surface area contributed by atoms with Crippen LogP contribution in [0.3, 0.4) is 0 Å². The second-order valence-corrected chi connectivity index (χ2v) is 4.07. The molecule has 1 fully saturated rings. The standard InChI is InChI=1S/C12H10N2O7/c1-20-8-4-2-3-7(11(8)14(18)19)12(17)21-13-9(15)5-6-10(13)16/h2-4H,5-6H2,1H3. The maximum absolute atomic E-state index is 12.0. The van der Waals surface area contributed by atoms with E-state index < -0.39 is 34.0 Å². The molecule has 21 heavy (non-hydrogen) atoms. The van der Waals surface area contributed by atoms with Gasteiger partial charge >= 0.3 is 11.7 Å². The molecule has 1 heterocycles. The Hall–Kier alpha value is -2.97. The number of rotatable bonds is 4. The Morgan fingerprint density at radius 1 is 1.29 bits per heavy atom. The molecule has 110 valence electrons. The van der Waals surface area contributed by atoms with Crippen molar-refractivity contribution in [3.8, 4) is 5.75 Å². The summed E-state index contributed by atoms with van der Waals surface area (Å²) in [5.74, 6) is -2.64. The Labute approximate surface area is 118 Å². The third-order valence-electron chi connectivity index (χ3n) is 2.80. The smallest absolute Gasteiger partial charge is 0.371 e. The topological polar surface area (TPSA) is 116 Å². The number of methoxy groups -OCH3 is 1. The number of carbonyl (C=O) groups excluding carboxylic acids is 3. The fraction of sp³-hybridized carbons (Fsp3) is 0.250. The molecule has 2 amide bonds. The number of imide groups is 1. The molecule has 1 aromatic rings. The summed E-state index contributed by atoms with van der Waals surface area (Å²) in [5.41, 5.74) is -1.00. The normalized spacial score (nSPS) is 14.2. The van der Waals surface area contributed by atoms with Crippen molar-refractivity contribution >= 4 is 23.5 Å². The number of para-hydroxylation sites is 1. The quantitative estimate of drug-likeness (QED) is 0.458. The van der Waals surface area contributed by atoms with E-state index in [0.717, 1.165) is 6.07 Å². The van der Waals surface area contributed by atoms with Crippen LogP contribution in [0.2, 0.25) is 0 Å². The molecule has 0 atom stereocenters. The molecule has 1 aromatic carbocycles. The largest absolute Gasteiger partial charge is 0.490 e. The molecule has 0 N–H and O–H groups in total. The van der Waals surface area contributed by atoms with Crippen molar-refractivity contribution in [2.24, 2.45) is 0 Å². The monoisotopic (exact) mass is 294 g/mol. The SMILES string of the molecule is COc1cccc(C(=O)ON2C(=O)CCC2=O)c1[N+](=O)[O-]. The van der Waals surface area contributed by atoms with Gasteiger partial charge in [-0.1, -0.05) is 6.07 Å². The summed E-state index contributed by atoms with van der Waals surface area (Å²) in [6, 6.07) is 3.81. The predicted molar refractivity (Wildman–Crippen MR) is 66.2 cm³/mol. The van der Waals surface area contributed by atoms with E-state index in [1.807, 2.05) is 0 Å². The van der Waals surface area contributed by atoms with Crippen LogP contribution in [0.4, 0.5) is 5.69 Å². The third kappa shape index (κ3) is 2.66. The molecule has 1 aliphatic rings. The minimum absolute atomic E-state index is 0.0632. The predicted octanol–water partition coefficient (Wildman–Crippen LogP) is 0.824. The van der Waals surface area contributed by atoms with E-state index in [9.17, 15) is 24.5 Å². The first-order valence-corrected chi connectivity index (χ1v) is 5.85. The molecule has 9 heteroatoms. The molecule has 0 aromatic heterocycles. The van der Waals surface area contributed by atoms with Gasteiger partial charge in [0, 0.05) is 12.8 Å². The number of nitro groups is 1. The summed E-state index contributed by atoms with van der Waals surface area (Å²) >= 11 is 0. The van der Waals surface area contributed by atoms with Crippen molar-refractivity contribution in [2.75, 3.05) is 7.11 Å². The van der Waals surface area contributed by atoms with Crippen LogP contribution in [-0.4, -0.2) is 34.9 Å². The average Bonchev–Trinajstić information content (AvgIpc) is 2.77. The van der Waals surface area contributed by atoms with Gasteiger partial charge in [-0.2, -0.15) is 0 Å². The number of nitrogens with zero attached hydrogens (tertiary/aromatic N) is 2. The van der Waals surface area contributed by atoms with Crippen LogP contribution < -0.4 is 4.74 Å². The molecule has 0 bridgehead atoms. The number of hydrogen-bond acceptors (Lipinski definition) is 7. The molecule has 1 aliphatic heterocycles. The number of hydroxylamine groups is 2. The number of nitro benzene ring substituents is 1. The highest BCUT2D eigenvalue weighted by molar-refractivity contribution is 6.03. The Bertz CT molecular complexity index is 624. The molecular formula is C12H10N2O7. The van der Waals surface area contributed by atoms with E-state index in [4.69, 9.17) is 4.74 Å². The van der Waals surface area contributed by atoms with Crippen LogP contribution in [0.25, 0.3) is 0 Å². The van der Waals surface area contributed by atoms with Crippen molar-refractivity contribution in [1.29, 1.82) is 0 Å². The van der Waals surface area contributed by atoms with Crippen LogP contribution in [0.5, 0.6) is 5.75 Å². The van der Waals surface area contributed by atoms with Crippen LogP contribution >= 0.6 is 0 Å². The first-order chi connectivity index (χ1) is 9.95. The van der Waals surface area contributed by atoms with Crippen molar-refractivity contribution in [2.45, 2.75) is 12.8 Å². The zero-order chi connectivity index (χ0) is 15.6. The molecule has 0 saturated carbocycles. The lowest BCUT2D eigenvalue weighted by Gasteiger charge is -2.13. The highest BCUT2D eigenvalue weighted by Crippen LogP contribution is 2.31. The minimum Gasteiger partial charge on any atom is -0.490 e. The van der Waals surface area contributed by atoms with Crippen LogP contribution in [0.1, 0.15) is 23.2 Å². The van der Waals surface area contributed by atoms with Gasteiger partial charge < -0.3 is 9.57 Å². The van der Waals surface area contributed by atoms with Crippen molar-refractivity contribution in [3.05, 3.63) is 33.9 Å². The van der Waals surface area contributed by atoms with Gasteiger partial charge in [-0.25, -0.2) is 4.79 Å². The van der Waals surface area contributed by atoms with Gasteiger partial charge in [-0.3, -0.25) is 19.7 Å². The van der Waals surface area contributed by atoms with Gasteiger partial charge in [0.2, 0.25) is 0 Å². The lowest BCUT2D eigenvalue weighted by molar-refractivity contribution is -0.386. The zero-order valence-electron chi connectivity index (χ0n) is 10.9. The summed E-state index contributed by atoms with van der Waals surface area (Å²) < 4.78 is 4.81. The molecule has 1 saturated heterocycles. The van der Waals surface area contributed by atoms with Crippen molar-refractivity contribution in [3.63, 3.8) is 0 Å². The second kappa shape index (κ2) is 5.57. The number of amides is 2. The van der Waals surface area contributed by atoms with E-state index in [1.165, 1.54) is 19.2 Å². The molecule has 0 unspecified atom stereocenters. The maximum atomic E-state index is 12.0. The molecule has 9 nitrogen and oxygen atoms in total. The maximum Gasteiger partial charge on any atom is 0.371 e. The fourth-order valence-corrected chi connectivity index (χ4v) is 1.83. The van der Waals surface area contributed by atoms with Crippen LogP contribution in [-0.2, 0) is 14.4 Å². The minimum atomic E-state index is -1.18. The third-order valence-corrected chi connectivity index (χ3v) is 2.80. The lowest BCUT2D eigenvalue weighted by atomic mass is 10.1. The molecule has 2 rings (SSSR count). The van der Waals surface area contributed by atoms with Gasteiger partial charge in [-0.05, 0) is 12.1 Å². The number of hydrogen-bond donors (Lipinski definition) is 0. The van der Waals surface area contributed by atoms with E-state index >= 15 is 0 Å². The Kier molecular flexibility index (Phi) is 3.83. The van der Waals surface area contributed by atoms with Crippen LogP contribution in [0.15, 0.2) is 18.2 Å². The number of ether oxygens (including phenoxy) is 1. The summed E-state index contributed by atoms with van der Waals surface area (Å²) in [4.78, 5) is 49.6. The zero-order valence-corrected chi connectivity index (χ0v) is 10.9. The Morgan fingerprint density at radius 3 is 2.43 bits per heavy atom. The van der Waals surface area contributed by atoms with Gasteiger partial charge in [0.15, 0.2) is 5.75 Å². The summed E-state index contributed by atoms with van der Waals surface area (Å²) in [6.45, 7) is 0. The number of benzene rings is 1. The number of carbonyl (C=O) groups is 3. The highest BCUT2D eigenvalue weighted by Gasteiger charge is 2.35. The fourth-order valence-electron chi connectivity index (χ4n) is 1.83. The Morgan fingerprint density at radius 2 is 1.90 bits per heavy atom. The Balaban J connectivity index is 2.33. The first-order valence-electron chi connectivity index (χ1n) is 5.85. The lowest BCUT2D eigenvalue weighted by Crippen LogP contribution is -2.32. The van der Waals surface area contributed by atoms with E-state index in [2.05, 4.69) is 4.84 Å².